The average molecular weight is 435 g/mol. The first kappa shape index (κ1) is 21.8. The smallest absolute Gasteiger partial charge is 0.322 e. The van der Waals surface area contributed by atoms with E-state index in [0.29, 0.717) is 12.2 Å². The van der Waals surface area contributed by atoms with Gasteiger partial charge in [-0.3, -0.25) is 4.79 Å². The number of carbonyl (C=O) groups excluding carboxylic acids is 2. The summed E-state index contributed by atoms with van der Waals surface area (Å²) in [6.07, 6.45) is 1.86. The summed E-state index contributed by atoms with van der Waals surface area (Å²) in [6.45, 7) is 2.21. The van der Waals surface area contributed by atoms with Crippen LogP contribution in [0.5, 0.6) is 0 Å². The number of unbranched alkanes of at least 4 members (excludes halogenated alkanes) is 1. The van der Waals surface area contributed by atoms with Crippen molar-refractivity contribution in [3.8, 4) is 11.8 Å². The van der Waals surface area contributed by atoms with E-state index < -0.39 is 11.8 Å². The van der Waals surface area contributed by atoms with Gasteiger partial charge in [0, 0.05) is 30.1 Å². The normalized spacial score (nSPS) is 21.8. The van der Waals surface area contributed by atoms with Gasteiger partial charge in [-0.05, 0) is 42.3 Å². The van der Waals surface area contributed by atoms with Gasteiger partial charge in [-0.1, -0.05) is 37.0 Å². The molecule has 2 N–H and O–H groups in total. The Morgan fingerprint density at radius 2 is 2.03 bits per heavy atom. The van der Waals surface area contributed by atoms with Crippen LogP contribution in [0, 0.1) is 17.7 Å². The molecule has 0 aliphatic carbocycles. The molecule has 0 unspecified atom stereocenters. The van der Waals surface area contributed by atoms with Crippen molar-refractivity contribution >= 4 is 17.6 Å². The Bertz CT molecular complexity index is 1060. The number of fused-ring (bicyclic) bond motifs is 1. The Morgan fingerprint density at radius 1 is 1.25 bits per heavy atom. The summed E-state index contributed by atoms with van der Waals surface area (Å²) in [7, 11) is 0. The molecule has 166 valence electrons. The Hall–Kier alpha value is -3.37. The third-order valence-corrected chi connectivity index (χ3v) is 6.02. The number of urea groups is 1. The lowest BCUT2D eigenvalue weighted by molar-refractivity contribution is -0.159. The molecule has 32 heavy (non-hydrogen) atoms. The van der Waals surface area contributed by atoms with Crippen LogP contribution in [0.1, 0.15) is 36.8 Å². The number of aliphatic hydroxyl groups excluding tert-OH is 1. The summed E-state index contributed by atoms with van der Waals surface area (Å²) in [5.41, 5.74) is 2.27. The molecule has 0 bridgehead atoms. The van der Waals surface area contributed by atoms with E-state index in [0.717, 1.165) is 24.0 Å². The monoisotopic (exact) mass is 435 g/mol. The van der Waals surface area contributed by atoms with Crippen molar-refractivity contribution in [1.29, 1.82) is 0 Å². The third-order valence-electron chi connectivity index (χ3n) is 6.02. The molecule has 0 spiro atoms. The predicted octanol–water partition coefficient (Wildman–Crippen LogP) is 3.18. The van der Waals surface area contributed by atoms with Crippen LogP contribution < -0.4 is 5.32 Å². The van der Waals surface area contributed by atoms with Crippen molar-refractivity contribution in [1.82, 2.24) is 9.80 Å². The number of piperazine rings is 1. The second kappa shape index (κ2) is 9.41. The Morgan fingerprint density at radius 3 is 2.72 bits per heavy atom. The number of nitrogens with zero attached hydrogens (tertiary/aromatic N) is 2. The molecule has 2 aliphatic heterocycles. The molecule has 4 rings (SSSR count). The van der Waals surface area contributed by atoms with Crippen LogP contribution in [-0.2, 0) is 4.79 Å². The van der Waals surface area contributed by atoms with Gasteiger partial charge in [0.25, 0.3) is 0 Å². The number of rotatable bonds is 4. The summed E-state index contributed by atoms with van der Waals surface area (Å²) in [5, 5.41) is 12.6. The molecule has 0 aromatic heterocycles. The van der Waals surface area contributed by atoms with Gasteiger partial charge in [0.15, 0.2) is 0 Å². The number of anilines is 1. The maximum Gasteiger partial charge on any atom is 0.322 e. The number of carbonyl (C=O) groups is 2. The van der Waals surface area contributed by atoms with Gasteiger partial charge >= 0.3 is 6.03 Å². The fourth-order valence-corrected chi connectivity index (χ4v) is 4.50. The minimum absolute atomic E-state index is 0.0766. The van der Waals surface area contributed by atoms with E-state index in [1.807, 2.05) is 24.3 Å². The van der Waals surface area contributed by atoms with Crippen LogP contribution in [0.15, 0.2) is 48.5 Å². The largest absolute Gasteiger partial charge is 0.394 e. The number of hydrogen-bond donors (Lipinski definition) is 2. The lowest BCUT2D eigenvalue weighted by Gasteiger charge is -2.58. The molecular weight excluding hydrogens is 409 g/mol. The van der Waals surface area contributed by atoms with Crippen LogP contribution in [0.3, 0.4) is 0 Å². The topological polar surface area (TPSA) is 72.9 Å². The molecule has 2 aromatic carbocycles. The first-order valence-corrected chi connectivity index (χ1v) is 10.8. The molecule has 7 heteroatoms. The number of benzene rings is 2. The molecule has 2 aromatic rings. The first-order valence-electron chi connectivity index (χ1n) is 10.8. The molecule has 3 amide bonds. The summed E-state index contributed by atoms with van der Waals surface area (Å²) >= 11 is 0. The van der Waals surface area contributed by atoms with Crippen LogP contribution in [0.25, 0.3) is 0 Å². The van der Waals surface area contributed by atoms with E-state index in [-0.39, 0.29) is 37.1 Å². The van der Waals surface area contributed by atoms with E-state index >= 15 is 0 Å². The van der Waals surface area contributed by atoms with Gasteiger partial charge in [0.1, 0.15) is 12.4 Å². The van der Waals surface area contributed by atoms with E-state index in [9.17, 15) is 19.1 Å². The highest BCUT2D eigenvalue weighted by Gasteiger charge is 2.54. The maximum absolute atomic E-state index is 13.4. The van der Waals surface area contributed by atoms with Gasteiger partial charge in [-0.15, -0.1) is 0 Å². The number of hydrogen-bond acceptors (Lipinski definition) is 3. The summed E-state index contributed by atoms with van der Waals surface area (Å²) in [6, 6.07) is 12.5. The fraction of sp³-hybridized carbons (Fsp3) is 0.360. The van der Waals surface area contributed by atoms with Crippen LogP contribution >= 0.6 is 0 Å². The van der Waals surface area contributed by atoms with E-state index in [1.54, 1.807) is 11.0 Å². The zero-order valence-electron chi connectivity index (χ0n) is 17.9. The first-order chi connectivity index (χ1) is 15.5. The molecule has 3 atom stereocenters. The van der Waals surface area contributed by atoms with E-state index in [1.165, 1.54) is 23.1 Å². The Labute approximate surface area is 187 Å². The Balaban J connectivity index is 1.49. The highest BCUT2D eigenvalue weighted by molar-refractivity contribution is 5.93. The summed E-state index contributed by atoms with van der Waals surface area (Å²) < 4.78 is 13.4. The average Bonchev–Trinajstić information content (AvgIpc) is 2.76. The molecular formula is C25H26FN3O3. The van der Waals surface area contributed by atoms with Crippen molar-refractivity contribution in [2.24, 2.45) is 0 Å². The minimum Gasteiger partial charge on any atom is -0.394 e. The standard InChI is InChI=1S/C25H26FN3O3/c1-2-3-4-6-17-9-11-18(12-10-17)24-21-14-28(15-23(31)29(21)22(24)16-30)25(32)27-20-8-5-7-19(26)13-20/h5,7-13,21-22,24,30H,2-3,14-16H2,1H3,(H,27,32)/t21-,22-,24-/m1/s1. The lowest BCUT2D eigenvalue weighted by Crippen LogP contribution is -2.73. The molecule has 0 saturated carbocycles. The number of aliphatic hydroxyl groups is 1. The zero-order valence-corrected chi connectivity index (χ0v) is 17.9. The van der Waals surface area contributed by atoms with Crippen molar-refractivity contribution in [3.63, 3.8) is 0 Å². The van der Waals surface area contributed by atoms with Crippen LogP contribution in [0.2, 0.25) is 0 Å². The fourth-order valence-electron chi connectivity index (χ4n) is 4.50. The predicted molar refractivity (Wildman–Crippen MR) is 119 cm³/mol. The van der Waals surface area contributed by atoms with Gasteiger partial charge in [0.05, 0.1) is 18.7 Å². The van der Waals surface area contributed by atoms with E-state index in [2.05, 4.69) is 24.1 Å². The summed E-state index contributed by atoms with van der Waals surface area (Å²) in [5.74, 6) is 5.53. The second-order valence-corrected chi connectivity index (χ2v) is 8.14. The Kier molecular flexibility index (Phi) is 6.42. The van der Waals surface area contributed by atoms with Gasteiger partial charge in [-0.2, -0.15) is 0 Å². The third kappa shape index (κ3) is 4.32. The second-order valence-electron chi connectivity index (χ2n) is 8.14. The van der Waals surface area contributed by atoms with Gasteiger partial charge in [-0.25, -0.2) is 9.18 Å². The quantitative estimate of drug-likeness (QED) is 0.725. The van der Waals surface area contributed by atoms with Crippen molar-refractivity contribution < 1.29 is 19.1 Å². The number of amides is 3. The minimum atomic E-state index is -0.448. The maximum atomic E-state index is 13.4. The van der Waals surface area contributed by atoms with E-state index in [4.69, 9.17) is 0 Å². The van der Waals surface area contributed by atoms with Crippen molar-refractivity contribution in [3.05, 3.63) is 65.5 Å². The number of halogens is 1. The molecule has 2 heterocycles. The molecule has 6 nitrogen and oxygen atoms in total. The number of nitrogens with one attached hydrogen (secondary N) is 1. The lowest BCUT2D eigenvalue weighted by atomic mass is 9.73. The van der Waals surface area contributed by atoms with Gasteiger partial charge < -0.3 is 20.2 Å². The zero-order chi connectivity index (χ0) is 22.7. The highest BCUT2D eigenvalue weighted by atomic mass is 19.1. The molecule has 2 aliphatic rings. The van der Waals surface area contributed by atoms with Crippen molar-refractivity contribution in [2.45, 2.75) is 37.8 Å². The van der Waals surface area contributed by atoms with Crippen molar-refractivity contribution in [2.75, 3.05) is 25.0 Å². The molecule has 0 radical (unpaired) electrons. The van der Waals surface area contributed by atoms with Crippen LogP contribution in [-0.4, -0.2) is 58.6 Å². The molecule has 2 fully saturated rings. The highest BCUT2D eigenvalue weighted by Crippen LogP contribution is 2.43. The SMILES string of the molecule is CCCC#Cc1ccc([C@H]2[C@@H](CO)N3C(=O)CN(C(=O)Nc4cccc(F)c4)C[C@H]23)cc1. The van der Waals surface area contributed by atoms with Gasteiger partial charge in [0.2, 0.25) is 5.91 Å². The van der Waals surface area contributed by atoms with Crippen LogP contribution in [0.4, 0.5) is 14.9 Å². The summed E-state index contributed by atoms with van der Waals surface area (Å²) in [4.78, 5) is 28.6. The molecule has 2 saturated heterocycles.